The zero-order valence-corrected chi connectivity index (χ0v) is 31.4. The maximum Gasteiger partial charge on any atom is 0.488 e. The second-order valence-corrected chi connectivity index (χ2v) is 16.9. The fourth-order valence-corrected chi connectivity index (χ4v) is 8.06. The third kappa shape index (κ3) is 22.3. The maximum atomic E-state index is 12.5. The summed E-state index contributed by atoms with van der Waals surface area (Å²) in [7, 11) is -7.34. The fourth-order valence-electron chi connectivity index (χ4n) is 5.56. The molecule has 1 atom stereocenters. The lowest BCUT2D eigenvalue weighted by Crippen LogP contribution is -2.34. The van der Waals surface area contributed by atoms with Gasteiger partial charge in [0.05, 0.1) is 16.4 Å². The quantitative estimate of drug-likeness (QED) is 0.0479. The molecule has 0 bridgehead atoms. The van der Waals surface area contributed by atoms with E-state index in [0.29, 0.717) is 38.6 Å². The van der Waals surface area contributed by atoms with Gasteiger partial charge in [-0.25, -0.2) is 16.8 Å². The van der Waals surface area contributed by atoms with Crippen molar-refractivity contribution < 1.29 is 46.4 Å². The summed E-state index contributed by atoms with van der Waals surface area (Å²) in [5.74, 6) is -1.97. The van der Waals surface area contributed by atoms with Gasteiger partial charge in [-0.3, -0.25) is 19.1 Å². The van der Waals surface area contributed by atoms with Crippen LogP contribution in [-0.2, 0) is 34.2 Å². The number of benzene rings is 1. The largest absolute Gasteiger partial charge is 0.488 e. The second-order valence-electron chi connectivity index (χ2n) is 12.9. The van der Waals surface area contributed by atoms with E-state index in [1.54, 1.807) is 7.05 Å². The summed E-state index contributed by atoms with van der Waals surface area (Å²) in [6, 6.07) is 5.17. The molecule has 0 spiro atoms. The molecule has 0 aromatic heterocycles. The van der Waals surface area contributed by atoms with Crippen LogP contribution < -0.4 is 20.8 Å². The van der Waals surface area contributed by atoms with Gasteiger partial charge in [-0.1, -0.05) is 89.2 Å². The molecule has 0 aliphatic carbocycles. The second kappa shape index (κ2) is 26.3. The zero-order valence-electron chi connectivity index (χ0n) is 29.7. The van der Waals surface area contributed by atoms with Crippen LogP contribution in [0.1, 0.15) is 128 Å². The molecule has 50 heavy (non-hydrogen) atoms. The summed E-state index contributed by atoms with van der Waals surface area (Å²) in [6.45, 7) is 0.389. The fraction of sp³-hybridized carbons (Fsp3) is 0.735. The van der Waals surface area contributed by atoms with Crippen molar-refractivity contribution in [3.05, 3.63) is 24.3 Å². The molecule has 286 valence electrons. The number of rotatable bonds is 31. The van der Waals surface area contributed by atoms with Crippen LogP contribution in [0.2, 0.25) is 0 Å². The minimum absolute atomic E-state index is 0.0261. The number of carboxylic acids is 1. The van der Waals surface area contributed by atoms with Gasteiger partial charge in [0.15, 0.2) is 9.84 Å². The van der Waals surface area contributed by atoms with Gasteiger partial charge in [0.2, 0.25) is 21.8 Å². The third-order valence-electron chi connectivity index (χ3n) is 8.56. The highest BCUT2D eigenvalue weighted by atomic mass is 32.2. The molecule has 13 nitrogen and oxygen atoms in total. The van der Waals surface area contributed by atoms with Gasteiger partial charge in [-0.2, -0.15) is 0 Å². The van der Waals surface area contributed by atoms with E-state index in [1.807, 2.05) is 0 Å². The molecule has 2 amide bonds. The van der Waals surface area contributed by atoms with E-state index in [2.05, 4.69) is 15.4 Å². The summed E-state index contributed by atoms with van der Waals surface area (Å²) in [4.78, 5) is 35.1. The van der Waals surface area contributed by atoms with E-state index >= 15 is 0 Å². The number of sulfone groups is 1. The molecule has 1 rings (SSSR count). The summed E-state index contributed by atoms with van der Waals surface area (Å²) in [6.07, 6.45) is 16.0. The molecule has 0 aliphatic heterocycles. The van der Waals surface area contributed by atoms with Crippen LogP contribution >= 0.6 is 0 Å². The Labute approximate surface area is 299 Å². The number of nitrogens with one attached hydrogen (secondary N) is 3. The van der Waals surface area contributed by atoms with Crippen LogP contribution in [0.4, 0.5) is 0 Å². The molecule has 16 heteroatoms. The number of carbonyl (C=O) groups is 3. The van der Waals surface area contributed by atoms with Crippen LogP contribution in [0.3, 0.4) is 0 Å². The number of amides is 2. The van der Waals surface area contributed by atoms with Crippen LogP contribution in [0.15, 0.2) is 29.2 Å². The monoisotopic (exact) mass is 745 g/mol. The van der Waals surface area contributed by atoms with Crippen LogP contribution in [0.25, 0.3) is 0 Å². The molecule has 0 heterocycles. The highest BCUT2D eigenvalue weighted by molar-refractivity contribution is 7.91. The van der Waals surface area contributed by atoms with Crippen molar-refractivity contribution in [2.24, 2.45) is 0 Å². The number of likely N-dealkylation sites (N-methyl/N-ethyl adjacent to an activating group) is 1. The maximum absolute atomic E-state index is 12.5. The Kier molecular flexibility index (Phi) is 23.9. The van der Waals surface area contributed by atoms with Crippen molar-refractivity contribution in [2.75, 3.05) is 25.1 Å². The number of carbonyl (C=O) groups excluding carboxylic acids is 2. The molecular formula is C34H60BN3O10S2. The lowest BCUT2D eigenvalue weighted by molar-refractivity contribution is -0.139. The van der Waals surface area contributed by atoms with Crippen molar-refractivity contribution in [2.45, 2.75) is 139 Å². The van der Waals surface area contributed by atoms with Gasteiger partial charge in [0.25, 0.3) is 0 Å². The molecule has 0 fully saturated rings. The minimum Gasteiger partial charge on any atom is -0.480 e. The standard InChI is InChI=1S/C34H60BN3O10S2/c1-36-31(34(41)42)22-15-16-25-37-32(39)24-19-27-50(47,48)38-33(40)23-14-12-10-8-6-4-2-3-5-7-9-11-13-17-26-49(45,46)30-21-18-20-29(28-30)35(43)44/h18,20-21,28,31,36,43-44H,2-17,19,22-27H2,1H3,(H,37,39)(H,38,40)(H,41,42)/t31-/m0/s1. The lowest BCUT2D eigenvalue weighted by atomic mass is 9.80. The molecule has 1 aromatic rings. The Morgan fingerprint density at radius 3 is 1.78 bits per heavy atom. The van der Waals surface area contributed by atoms with E-state index in [4.69, 9.17) is 5.11 Å². The van der Waals surface area contributed by atoms with Gasteiger partial charge in [0, 0.05) is 19.4 Å². The van der Waals surface area contributed by atoms with Crippen molar-refractivity contribution in [3.63, 3.8) is 0 Å². The van der Waals surface area contributed by atoms with Crippen molar-refractivity contribution in [1.29, 1.82) is 0 Å². The van der Waals surface area contributed by atoms with Gasteiger partial charge in [-0.15, -0.1) is 0 Å². The number of aliphatic carboxylic acids is 1. The highest BCUT2D eigenvalue weighted by Gasteiger charge is 2.18. The average molecular weight is 746 g/mol. The number of unbranched alkanes of at least 4 members (excludes halogenated alkanes) is 14. The third-order valence-corrected chi connectivity index (χ3v) is 11.7. The van der Waals surface area contributed by atoms with E-state index in [1.165, 1.54) is 37.1 Å². The Bertz CT molecular complexity index is 1340. The molecule has 0 saturated heterocycles. The highest BCUT2D eigenvalue weighted by Crippen LogP contribution is 2.16. The Morgan fingerprint density at radius 2 is 1.24 bits per heavy atom. The number of carboxylic acid groups (broad SMARTS) is 1. The van der Waals surface area contributed by atoms with Crippen molar-refractivity contribution in [1.82, 2.24) is 15.4 Å². The van der Waals surface area contributed by atoms with Crippen LogP contribution in [-0.4, -0.2) is 88.0 Å². The zero-order chi connectivity index (χ0) is 37.3. The molecular weight excluding hydrogens is 685 g/mol. The first-order valence-corrected chi connectivity index (χ1v) is 21.5. The van der Waals surface area contributed by atoms with Gasteiger partial charge >= 0.3 is 13.1 Å². The summed E-state index contributed by atoms with van der Waals surface area (Å²) in [5, 5.41) is 32.9. The summed E-state index contributed by atoms with van der Waals surface area (Å²) >= 11 is 0. The topological polar surface area (TPSA) is 216 Å². The summed E-state index contributed by atoms with van der Waals surface area (Å²) in [5.41, 5.74) is 0.167. The molecule has 0 radical (unpaired) electrons. The Hall–Kier alpha value is -2.53. The normalized spacial score (nSPS) is 12.4. The van der Waals surface area contributed by atoms with Gasteiger partial charge in [0.1, 0.15) is 6.04 Å². The first kappa shape index (κ1) is 45.5. The van der Waals surface area contributed by atoms with Gasteiger partial charge < -0.3 is 25.8 Å². The lowest BCUT2D eigenvalue weighted by Gasteiger charge is -2.11. The molecule has 0 saturated carbocycles. The SMILES string of the molecule is CN[C@@H](CCCCNC(=O)CCCS(=O)(=O)NC(=O)CCCCCCCCCCCCCCCCS(=O)(=O)c1cccc(B(O)O)c1)C(=O)O. The first-order chi connectivity index (χ1) is 23.8. The predicted octanol–water partition coefficient (Wildman–Crippen LogP) is 3.18. The number of hydrogen-bond acceptors (Lipinski definition) is 10. The van der Waals surface area contributed by atoms with Crippen molar-refractivity contribution >= 4 is 50.2 Å². The molecule has 0 aliphatic rings. The van der Waals surface area contributed by atoms with Crippen LogP contribution in [0, 0.1) is 0 Å². The Balaban J connectivity index is 1.95. The first-order valence-electron chi connectivity index (χ1n) is 18.2. The molecule has 1 aromatic carbocycles. The number of hydrogen-bond donors (Lipinski definition) is 6. The molecule has 0 unspecified atom stereocenters. The summed E-state index contributed by atoms with van der Waals surface area (Å²) < 4.78 is 51.5. The minimum atomic E-state index is -3.79. The average Bonchev–Trinajstić information content (AvgIpc) is 3.05. The van der Waals surface area contributed by atoms with E-state index in [-0.39, 0.29) is 47.0 Å². The van der Waals surface area contributed by atoms with E-state index < -0.39 is 44.9 Å². The van der Waals surface area contributed by atoms with Crippen LogP contribution in [0.5, 0.6) is 0 Å². The predicted molar refractivity (Wildman–Crippen MR) is 196 cm³/mol. The van der Waals surface area contributed by atoms with E-state index in [9.17, 15) is 41.3 Å². The Morgan fingerprint density at radius 1 is 0.700 bits per heavy atom. The van der Waals surface area contributed by atoms with Crippen molar-refractivity contribution in [3.8, 4) is 0 Å². The molecule has 6 N–H and O–H groups in total. The number of sulfonamides is 1. The van der Waals surface area contributed by atoms with Gasteiger partial charge in [-0.05, 0) is 63.2 Å². The van der Waals surface area contributed by atoms with E-state index in [0.717, 1.165) is 64.2 Å². The smallest absolute Gasteiger partial charge is 0.480 e.